The molecule has 0 radical (unpaired) electrons. The Balaban J connectivity index is 1.44. The molecule has 0 aromatic heterocycles. The van der Waals surface area contributed by atoms with Crippen LogP contribution in [0, 0.1) is 0 Å². The van der Waals surface area contributed by atoms with Gasteiger partial charge in [-0.3, -0.25) is 9.69 Å². The lowest BCUT2D eigenvalue weighted by molar-refractivity contribution is -0.111. The molecule has 1 atom stereocenters. The minimum Gasteiger partial charge on any atom is -0.335 e. The highest BCUT2D eigenvalue weighted by molar-refractivity contribution is 7.96. The Bertz CT molecular complexity index is 793. The van der Waals surface area contributed by atoms with Gasteiger partial charge in [0.1, 0.15) is 0 Å². The number of hydrogen-bond acceptors (Lipinski definition) is 3. The summed E-state index contributed by atoms with van der Waals surface area (Å²) in [6, 6.07) is 20.4. The molecule has 1 unspecified atom stereocenters. The Kier molecular flexibility index (Phi) is 8.78. The highest BCUT2D eigenvalue weighted by atomic mass is 32.1. The van der Waals surface area contributed by atoms with Gasteiger partial charge in [-0.15, -0.1) is 12.6 Å². The van der Waals surface area contributed by atoms with Crippen molar-refractivity contribution in [3.8, 4) is 0 Å². The first-order valence-corrected chi connectivity index (χ1v) is 11.1. The number of thiol groups is 1. The number of carbonyl (C=O) groups excluding carboxylic acids is 2. The van der Waals surface area contributed by atoms with Crippen LogP contribution in [0.4, 0.5) is 4.79 Å². The number of nitrogens with zero attached hydrogens (tertiary/aromatic N) is 1. The van der Waals surface area contributed by atoms with Crippen molar-refractivity contribution in [3.63, 3.8) is 0 Å². The van der Waals surface area contributed by atoms with Gasteiger partial charge in [-0.2, -0.15) is 0 Å². The Morgan fingerprint density at radius 2 is 1.57 bits per heavy atom. The number of hydrogen-bond donors (Lipinski definition) is 3. The second kappa shape index (κ2) is 11.8. The van der Waals surface area contributed by atoms with Crippen LogP contribution in [-0.2, 0) is 17.8 Å². The molecule has 2 aromatic carbocycles. The molecule has 1 heterocycles. The molecular weight excluding hydrogens is 394 g/mol. The van der Waals surface area contributed by atoms with Gasteiger partial charge >= 0.3 is 6.03 Å². The number of urea groups is 1. The van der Waals surface area contributed by atoms with Gasteiger partial charge in [-0.25, -0.2) is 4.79 Å². The third kappa shape index (κ3) is 7.84. The predicted octanol–water partition coefficient (Wildman–Crippen LogP) is 3.80. The van der Waals surface area contributed by atoms with Crippen molar-refractivity contribution in [1.82, 2.24) is 15.5 Å². The second-order valence-electron chi connectivity index (χ2n) is 7.97. The molecule has 6 heteroatoms. The summed E-state index contributed by atoms with van der Waals surface area (Å²) in [6.45, 7) is 2.90. The van der Waals surface area contributed by atoms with Crippen molar-refractivity contribution in [2.75, 3.05) is 13.1 Å². The fourth-order valence-corrected chi connectivity index (χ4v) is 4.04. The van der Waals surface area contributed by atoms with Crippen molar-refractivity contribution in [2.24, 2.45) is 0 Å². The number of nitrogens with one attached hydrogen (secondary N) is 2. The molecule has 0 spiro atoms. The zero-order valence-electron chi connectivity index (χ0n) is 17.3. The average Bonchev–Trinajstić information content (AvgIpc) is 2.75. The number of piperidine rings is 1. The standard InChI is InChI=1S/C24H31N3O2S/c28-23(30)12-11-22(17-19-7-3-1-4-8-19)26-24(29)25-21-13-15-27(16-14-21)18-20-9-5-2-6-10-20/h1-10,21-22H,11-18H2,(H,28,30)(H2,25,26,29). The van der Waals surface area contributed by atoms with E-state index in [1.54, 1.807) is 0 Å². The molecule has 5 nitrogen and oxygen atoms in total. The maximum absolute atomic E-state index is 12.6. The van der Waals surface area contributed by atoms with Gasteiger partial charge in [0.05, 0.1) is 0 Å². The topological polar surface area (TPSA) is 61.4 Å². The molecule has 2 aromatic rings. The molecule has 2 N–H and O–H groups in total. The molecule has 0 bridgehead atoms. The SMILES string of the molecule is O=C(S)CCC(Cc1ccccc1)NC(=O)NC1CCN(Cc2ccccc2)CC1. The molecule has 1 fully saturated rings. The zero-order valence-corrected chi connectivity index (χ0v) is 18.2. The van der Waals surface area contributed by atoms with Gasteiger partial charge in [0.25, 0.3) is 0 Å². The molecular formula is C24H31N3O2S. The van der Waals surface area contributed by atoms with E-state index in [-0.39, 0.29) is 23.2 Å². The lowest BCUT2D eigenvalue weighted by atomic mass is 10.0. The van der Waals surface area contributed by atoms with Gasteiger partial charge in [0.2, 0.25) is 0 Å². The van der Waals surface area contributed by atoms with Gasteiger partial charge in [0.15, 0.2) is 5.12 Å². The summed E-state index contributed by atoms with van der Waals surface area (Å²) >= 11 is 3.87. The van der Waals surface area contributed by atoms with E-state index in [4.69, 9.17) is 0 Å². The number of amides is 2. The van der Waals surface area contributed by atoms with E-state index >= 15 is 0 Å². The fraction of sp³-hybridized carbons (Fsp3) is 0.417. The summed E-state index contributed by atoms with van der Waals surface area (Å²) in [7, 11) is 0. The Morgan fingerprint density at radius 1 is 0.967 bits per heavy atom. The predicted molar refractivity (Wildman–Crippen MR) is 124 cm³/mol. The highest BCUT2D eigenvalue weighted by Gasteiger charge is 2.22. The summed E-state index contributed by atoms with van der Waals surface area (Å²) in [5, 5.41) is 6.04. The molecule has 1 aliphatic rings. The molecule has 1 aliphatic heterocycles. The van der Waals surface area contributed by atoms with Crippen LogP contribution in [0.5, 0.6) is 0 Å². The van der Waals surface area contributed by atoms with Gasteiger partial charge in [-0.1, -0.05) is 60.7 Å². The number of carbonyl (C=O) groups is 2. The lowest BCUT2D eigenvalue weighted by Crippen LogP contribution is -2.50. The van der Waals surface area contributed by atoms with Gasteiger partial charge in [0, 0.05) is 38.1 Å². The summed E-state index contributed by atoms with van der Waals surface area (Å²) in [5.74, 6) is 0. The normalized spacial score (nSPS) is 16.0. The van der Waals surface area contributed by atoms with Crippen LogP contribution in [-0.4, -0.2) is 41.2 Å². The van der Waals surface area contributed by atoms with Crippen molar-refractivity contribution in [2.45, 2.75) is 50.7 Å². The first kappa shape index (κ1) is 22.4. The lowest BCUT2D eigenvalue weighted by Gasteiger charge is -2.32. The van der Waals surface area contributed by atoms with E-state index in [0.717, 1.165) is 38.0 Å². The molecule has 160 valence electrons. The van der Waals surface area contributed by atoms with Crippen LogP contribution >= 0.6 is 12.6 Å². The van der Waals surface area contributed by atoms with Crippen molar-refractivity contribution in [3.05, 3.63) is 71.8 Å². The number of benzene rings is 2. The summed E-state index contributed by atoms with van der Waals surface area (Å²) < 4.78 is 0. The van der Waals surface area contributed by atoms with Gasteiger partial charge in [-0.05, 0) is 36.8 Å². The summed E-state index contributed by atoms with van der Waals surface area (Å²) in [6.07, 6.45) is 3.52. The van der Waals surface area contributed by atoms with Crippen LogP contribution < -0.4 is 10.6 Å². The first-order valence-electron chi connectivity index (χ1n) is 10.7. The van der Waals surface area contributed by atoms with E-state index in [9.17, 15) is 9.59 Å². The maximum Gasteiger partial charge on any atom is 0.315 e. The zero-order chi connectivity index (χ0) is 21.2. The summed E-state index contributed by atoms with van der Waals surface area (Å²) in [4.78, 5) is 26.3. The Hall–Kier alpha value is -2.31. The van der Waals surface area contributed by atoms with Crippen LogP contribution in [0.15, 0.2) is 60.7 Å². The van der Waals surface area contributed by atoms with Crippen LogP contribution in [0.25, 0.3) is 0 Å². The van der Waals surface area contributed by atoms with E-state index in [1.807, 2.05) is 36.4 Å². The quantitative estimate of drug-likeness (QED) is 0.536. The van der Waals surface area contributed by atoms with Gasteiger partial charge < -0.3 is 10.6 Å². The minimum absolute atomic E-state index is 0.0957. The average molecular weight is 426 g/mol. The second-order valence-corrected chi connectivity index (χ2v) is 8.47. The third-order valence-corrected chi connectivity index (χ3v) is 5.76. The monoisotopic (exact) mass is 425 g/mol. The smallest absolute Gasteiger partial charge is 0.315 e. The first-order chi connectivity index (χ1) is 14.6. The highest BCUT2D eigenvalue weighted by Crippen LogP contribution is 2.14. The van der Waals surface area contributed by atoms with Crippen LogP contribution in [0.2, 0.25) is 0 Å². The van der Waals surface area contributed by atoms with E-state index in [0.29, 0.717) is 19.3 Å². The minimum atomic E-state index is -0.152. The Labute approximate surface area is 184 Å². The van der Waals surface area contributed by atoms with Crippen molar-refractivity contribution < 1.29 is 9.59 Å². The fourth-order valence-electron chi connectivity index (χ4n) is 3.91. The molecule has 30 heavy (non-hydrogen) atoms. The number of likely N-dealkylation sites (tertiary alicyclic amines) is 1. The largest absolute Gasteiger partial charge is 0.335 e. The third-order valence-electron chi connectivity index (χ3n) is 5.54. The molecule has 0 saturated carbocycles. The van der Waals surface area contributed by atoms with E-state index in [2.05, 4.69) is 52.4 Å². The van der Waals surface area contributed by atoms with E-state index in [1.165, 1.54) is 5.56 Å². The van der Waals surface area contributed by atoms with E-state index < -0.39 is 0 Å². The molecule has 0 aliphatic carbocycles. The molecule has 2 amide bonds. The molecule has 3 rings (SSSR count). The maximum atomic E-state index is 12.6. The Morgan fingerprint density at radius 3 is 2.17 bits per heavy atom. The number of rotatable bonds is 9. The van der Waals surface area contributed by atoms with Crippen LogP contribution in [0.3, 0.4) is 0 Å². The van der Waals surface area contributed by atoms with Crippen LogP contribution in [0.1, 0.15) is 36.8 Å². The van der Waals surface area contributed by atoms with Crippen molar-refractivity contribution in [1.29, 1.82) is 0 Å². The molecule has 1 saturated heterocycles. The van der Waals surface area contributed by atoms with Crippen molar-refractivity contribution >= 4 is 23.8 Å². The summed E-state index contributed by atoms with van der Waals surface area (Å²) in [5.41, 5.74) is 2.47.